The minimum Gasteiger partial charge on any atom is -0.465 e. The molecule has 0 fully saturated rings. The highest BCUT2D eigenvalue weighted by Gasteiger charge is 2.21. The summed E-state index contributed by atoms with van der Waals surface area (Å²) in [6.07, 6.45) is 2.24. The van der Waals surface area contributed by atoms with Gasteiger partial charge in [-0.2, -0.15) is 0 Å². The molecule has 0 aliphatic carbocycles. The molecule has 0 bridgehead atoms. The van der Waals surface area contributed by atoms with E-state index < -0.39 is 0 Å². The zero-order valence-electron chi connectivity index (χ0n) is 21.8. The Morgan fingerprint density at radius 3 is 2.43 bits per heavy atom. The minimum absolute atomic E-state index is 0.355. The average Bonchev–Trinajstić information content (AvgIpc) is 3.35. The minimum atomic E-state index is -0.355. The normalized spacial score (nSPS) is 11.8. The van der Waals surface area contributed by atoms with Crippen LogP contribution < -0.4 is 5.32 Å². The van der Waals surface area contributed by atoms with Crippen LogP contribution in [0.3, 0.4) is 0 Å². The maximum Gasteiger partial charge on any atom is 0.337 e. The van der Waals surface area contributed by atoms with Crippen LogP contribution in [0.15, 0.2) is 36.4 Å². The molecule has 7 nitrogen and oxygen atoms in total. The number of esters is 1. The highest BCUT2D eigenvalue weighted by molar-refractivity contribution is 5.97. The molecular weight excluding hydrogens is 438 g/mol. The molecule has 0 unspecified atom stereocenters. The number of ether oxygens (including phenoxy) is 1. The van der Waals surface area contributed by atoms with E-state index in [1.807, 2.05) is 18.2 Å². The molecule has 7 heteroatoms. The van der Waals surface area contributed by atoms with Crippen molar-refractivity contribution in [3.05, 3.63) is 42.0 Å². The van der Waals surface area contributed by atoms with Crippen molar-refractivity contribution < 1.29 is 9.53 Å². The summed E-state index contributed by atoms with van der Waals surface area (Å²) in [7, 11) is 1.40. The third-order valence-corrected chi connectivity index (χ3v) is 6.09. The first kappa shape index (κ1) is 24.8. The van der Waals surface area contributed by atoms with Crippen LogP contribution in [0.4, 0.5) is 5.95 Å². The number of unbranched alkanes of at least 4 members (excludes halogenated alkanes) is 1. The van der Waals surface area contributed by atoms with E-state index in [0.717, 1.165) is 71.9 Å². The summed E-state index contributed by atoms with van der Waals surface area (Å²) in [5.41, 5.74) is 5.41. The number of imidazole rings is 2. The van der Waals surface area contributed by atoms with Crippen LogP contribution in [-0.4, -0.2) is 38.7 Å². The van der Waals surface area contributed by atoms with Crippen molar-refractivity contribution in [3.8, 4) is 11.4 Å². The Bertz CT molecular complexity index is 1330. The van der Waals surface area contributed by atoms with Gasteiger partial charge in [-0.25, -0.2) is 14.8 Å². The fourth-order valence-corrected chi connectivity index (χ4v) is 4.55. The van der Waals surface area contributed by atoms with Crippen LogP contribution in [0.25, 0.3) is 33.5 Å². The summed E-state index contributed by atoms with van der Waals surface area (Å²) >= 11 is 0. The first-order valence-electron chi connectivity index (χ1n) is 12.7. The largest absolute Gasteiger partial charge is 0.465 e. The summed E-state index contributed by atoms with van der Waals surface area (Å²) in [5, 5.41) is 3.56. The number of para-hydroxylation sites is 1. The third kappa shape index (κ3) is 5.04. The molecule has 1 N–H and O–H groups in total. The Balaban J connectivity index is 1.95. The molecule has 0 aliphatic rings. The zero-order chi connectivity index (χ0) is 25.1. The van der Waals surface area contributed by atoms with E-state index in [0.29, 0.717) is 17.4 Å². The summed E-state index contributed by atoms with van der Waals surface area (Å²) in [5.74, 6) is 2.34. The lowest BCUT2D eigenvalue weighted by Crippen LogP contribution is -2.12. The van der Waals surface area contributed by atoms with E-state index in [9.17, 15) is 4.79 Å². The number of aromatic nitrogens is 4. The highest BCUT2D eigenvalue weighted by Crippen LogP contribution is 2.34. The highest BCUT2D eigenvalue weighted by atomic mass is 16.5. The number of methoxy groups -OCH3 is 1. The monoisotopic (exact) mass is 475 g/mol. The molecule has 2 aromatic heterocycles. The van der Waals surface area contributed by atoms with Crippen LogP contribution in [-0.2, 0) is 17.8 Å². The van der Waals surface area contributed by atoms with Gasteiger partial charge in [-0.1, -0.05) is 47.1 Å². The maximum absolute atomic E-state index is 12.2. The van der Waals surface area contributed by atoms with Crippen molar-refractivity contribution in [1.82, 2.24) is 19.1 Å². The molecule has 0 saturated heterocycles. The molecule has 4 rings (SSSR count). The predicted octanol–water partition coefficient (Wildman–Crippen LogP) is 6.36. The standard InChI is InChI=1S/C28H37N5O2/c1-7-8-14-29-28-31-22-11-9-10-21(25(22)33(28)17-19(4)5)26-30-23-15-20(27(34)35-6)12-13-24(23)32(26)16-18(2)3/h9-13,15,18-19H,7-8,14,16-17H2,1-6H3,(H,29,31). The molecule has 0 aliphatic heterocycles. The molecular formula is C28H37N5O2. The number of benzene rings is 2. The van der Waals surface area contributed by atoms with Gasteiger partial charge in [-0.15, -0.1) is 0 Å². The SMILES string of the molecule is CCCCNc1nc2cccc(-c3nc4cc(C(=O)OC)ccc4n3CC(C)C)c2n1CC(C)C. The number of hydrogen-bond donors (Lipinski definition) is 1. The summed E-state index contributed by atoms with van der Waals surface area (Å²) < 4.78 is 9.51. The molecule has 0 amide bonds. The molecule has 0 spiro atoms. The number of carbonyl (C=O) groups is 1. The predicted molar refractivity (Wildman–Crippen MR) is 143 cm³/mol. The van der Waals surface area contributed by atoms with Crippen LogP contribution in [0, 0.1) is 11.8 Å². The number of rotatable bonds is 10. The average molecular weight is 476 g/mol. The van der Waals surface area contributed by atoms with Crippen molar-refractivity contribution in [2.45, 2.75) is 60.5 Å². The van der Waals surface area contributed by atoms with Gasteiger partial charge in [0.15, 0.2) is 0 Å². The quantitative estimate of drug-likeness (QED) is 0.213. The Morgan fingerprint density at radius 2 is 1.74 bits per heavy atom. The van der Waals surface area contributed by atoms with Gasteiger partial charge in [0.2, 0.25) is 5.95 Å². The molecule has 2 aromatic carbocycles. The fraction of sp³-hybridized carbons (Fsp3) is 0.464. The number of nitrogens with one attached hydrogen (secondary N) is 1. The van der Waals surface area contributed by atoms with Crippen LogP contribution in [0.1, 0.15) is 57.8 Å². The zero-order valence-corrected chi connectivity index (χ0v) is 21.8. The van der Waals surface area contributed by atoms with Crippen molar-refractivity contribution in [2.75, 3.05) is 19.0 Å². The molecule has 0 saturated carbocycles. The van der Waals surface area contributed by atoms with E-state index in [1.54, 1.807) is 0 Å². The van der Waals surface area contributed by atoms with Crippen molar-refractivity contribution in [2.24, 2.45) is 11.8 Å². The Kier molecular flexibility index (Phi) is 7.43. The number of nitrogens with zero attached hydrogens (tertiary/aromatic N) is 4. The number of fused-ring (bicyclic) bond motifs is 2. The van der Waals surface area contributed by atoms with E-state index in [4.69, 9.17) is 14.7 Å². The lowest BCUT2D eigenvalue weighted by atomic mass is 10.1. The second-order valence-electron chi connectivity index (χ2n) is 10.0. The topological polar surface area (TPSA) is 74.0 Å². The molecule has 186 valence electrons. The van der Waals surface area contributed by atoms with E-state index in [2.05, 4.69) is 67.3 Å². The molecule has 0 atom stereocenters. The van der Waals surface area contributed by atoms with Gasteiger partial charge in [-0.3, -0.25) is 0 Å². The second kappa shape index (κ2) is 10.5. The molecule has 0 radical (unpaired) electrons. The summed E-state index contributed by atoms with van der Waals surface area (Å²) in [4.78, 5) is 22.2. The lowest BCUT2D eigenvalue weighted by Gasteiger charge is -2.16. The van der Waals surface area contributed by atoms with Crippen LogP contribution >= 0.6 is 0 Å². The Labute approximate surface area is 207 Å². The second-order valence-corrected chi connectivity index (χ2v) is 10.0. The van der Waals surface area contributed by atoms with Gasteiger partial charge < -0.3 is 19.2 Å². The van der Waals surface area contributed by atoms with Gasteiger partial charge in [-0.05, 0) is 48.6 Å². The van der Waals surface area contributed by atoms with Gasteiger partial charge in [0.1, 0.15) is 5.82 Å². The Morgan fingerprint density at radius 1 is 1.00 bits per heavy atom. The van der Waals surface area contributed by atoms with Crippen molar-refractivity contribution in [3.63, 3.8) is 0 Å². The fourth-order valence-electron chi connectivity index (χ4n) is 4.55. The van der Waals surface area contributed by atoms with Gasteiger partial charge in [0, 0.05) is 25.2 Å². The van der Waals surface area contributed by atoms with Gasteiger partial charge >= 0.3 is 5.97 Å². The van der Waals surface area contributed by atoms with Crippen LogP contribution in [0.2, 0.25) is 0 Å². The maximum atomic E-state index is 12.2. The van der Waals surface area contributed by atoms with E-state index in [-0.39, 0.29) is 5.97 Å². The summed E-state index contributed by atoms with van der Waals surface area (Å²) in [6, 6.07) is 11.9. The van der Waals surface area contributed by atoms with Gasteiger partial charge in [0.25, 0.3) is 0 Å². The summed E-state index contributed by atoms with van der Waals surface area (Å²) in [6.45, 7) is 13.6. The molecule has 2 heterocycles. The van der Waals surface area contributed by atoms with Crippen molar-refractivity contribution in [1.29, 1.82) is 0 Å². The number of carbonyl (C=O) groups excluding carboxylic acids is 1. The number of hydrogen-bond acceptors (Lipinski definition) is 5. The third-order valence-electron chi connectivity index (χ3n) is 6.09. The molecule has 35 heavy (non-hydrogen) atoms. The van der Waals surface area contributed by atoms with Crippen LogP contribution in [0.5, 0.6) is 0 Å². The van der Waals surface area contributed by atoms with Crippen molar-refractivity contribution >= 4 is 34.0 Å². The van der Waals surface area contributed by atoms with E-state index in [1.165, 1.54) is 7.11 Å². The van der Waals surface area contributed by atoms with Gasteiger partial charge in [0.05, 0.1) is 34.7 Å². The first-order valence-corrected chi connectivity index (χ1v) is 12.7. The number of anilines is 1. The molecule has 4 aromatic rings. The first-order chi connectivity index (χ1) is 16.8. The lowest BCUT2D eigenvalue weighted by molar-refractivity contribution is 0.0601. The van der Waals surface area contributed by atoms with E-state index >= 15 is 0 Å². The smallest absolute Gasteiger partial charge is 0.337 e. The Hall–Kier alpha value is -3.35.